The molecule has 5 heteroatoms. The molecule has 2 N–H and O–H groups in total. The van der Waals surface area contributed by atoms with E-state index in [9.17, 15) is 5.11 Å². The van der Waals surface area contributed by atoms with Crippen molar-refractivity contribution in [2.24, 2.45) is 0 Å². The van der Waals surface area contributed by atoms with Crippen LogP contribution in [-0.4, -0.2) is 43.7 Å². The van der Waals surface area contributed by atoms with Crippen molar-refractivity contribution in [3.05, 3.63) is 21.9 Å². The maximum atomic E-state index is 9.83. The Morgan fingerprint density at radius 1 is 1.25 bits per heavy atom. The Morgan fingerprint density at radius 2 is 2.00 bits per heavy atom. The van der Waals surface area contributed by atoms with Crippen molar-refractivity contribution in [1.29, 1.82) is 0 Å². The first kappa shape index (κ1) is 17.6. The molecule has 0 amide bonds. The summed E-state index contributed by atoms with van der Waals surface area (Å²) in [6.07, 6.45) is -0.266. The molecule has 116 valence electrons. The average molecular weight is 301 g/mol. The van der Waals surface area contributed by atoms with Crippen molar-refractivity contribution in [3.8, 4) is 0 Å². The lowest BCUT2D eigenvalue weighted by Gasteiger charge is -2.16. The van der Waals surface area contributed by atoms with Crippen LogP contribution in [0.15, 0.2) is 12.1 Å². The highest BCUT2D eigenvalue weighted by molar-refractivity contribution is 7.12. The van der Waals surface area contributed by atoms with E-state index in [1.54, 1.807) is 11.3 Å². The number of hydrogen-bond donors (Lipinski definition) is 2. The van der Waals surface area contributed by atoms with Crippen LogP contribution in [0.1, 0.15) is 36.6 Å². The standard InChI is InChI=1S/C15H27NO3S/c1-11(2)19-8-7-18-10-14(17)9-16-13(4)15-6-5-12(3)20-15/h5-6,11,13-14,16-17H,7-10H2,1-4H3. The second-order valence-corrected chi connectivity index (χ2v) is 6.55. The van der Waals surface area contributed by atoms with Gasteiger partial charge in [0.1, 0.15) is 0 Å². The van der Waals surface area contributed by atoms with Crippen LogP contribution in [0.4, 0.5) is 0 Å². The molecule has 4 nitrogen and oxygen atoms in total. The van der Waals surface area contributed by atoms with Crippen LogP contribution in [0.2, 0.25) is 0 Å². The number of ether oxygens (including phenoxy) is 2. The molecule has 0 spiro atoms. The van der Waals surface area contributed by atoms with Crippen LogP contribution in [0.25, 0.3) is 0 Å². The third-order valence-corrected chi connectivity index (χ3v) is 4.02. The zero-order valence-electron chi connectivity index (χ0n) is 12.9. The highest BCUT2D eigenvalue weighted by atomic mass is 32.1. The van der Waals surface area contributed by atoms with E-state index in [2.05, 4.69) is 31.3 Å². The summed E-state index contributed by atoms with van der Waals surface area (Å²) in [5.74, 6) is 0. The minimum atomic E-state index is -0.488. The predicted octanol–water partition coefficient (Wildman–Crippen LogP) is 2.51. The van der Waals surface area contributed by atoms with E-state index in [1.807, 2.05) is 13.8 Å². The van der Waals surface area contributed by atoms with Gasteiger partial charge in [-0.25, -0.2) is 0 Å². The molecule has 0 bridgehead atoms. The van der Waals surface area contributed by atoms with E-state index < -0.39 is 6.10 Å². The van der Waals surface area contributed by atoms with Gasteiger partial charge in [0.15, 0.2) is 0 Å². The Morgan fingerprint density at radius 3 is 2.60 bits per heavy atom. The van der Waals surface area contributed by atoms with Crippen LogP contribution in [0.5, 0.6) is 0 Å². The largest absolute Gasteiger partial charge is 0.389 e. The summed E-state index contributed by atoms with van der Waals surface area (Å²) in [7, 11) is 0. The molecule has 20 heavy (non-hydrogen) atoms. The summed E-state index contributed by atoms with van der Waals surface area (Å²) >= 11 is 1.78. The lowest BCUT2D eigenvalue weighted by Crippen LogP contribution is -2.32. The van der Waals surface area contributed by atoms with E-state index in [-0.39, 0.29) is 12.1 Å². The molecule has 2 atom stereocenters. The zero-order valence-corrected chi connectivity index (χ0v) is 13.7. The Hall–Kier alpha value is -0.460. The van der Waals surface area contributed by atoms with Gasteiger partial charge >= 0.3 is 0 Å². The third kappa shape index (κ3) is 7.36. The SMILES string of the molecule is Cc1ccc(C(C)NCC(O)COCCOC(C)C)s1. The topological polar surface area (TPSA) is 50.7 Å². The Labute approximate surface area is 126 Å². The lowest BCUT2D eigenvalue weighted by molar-refractivity contribution is -0.0104. The maximum absolute atomic E-state index is 9.83. The van der Waals surface area contributed by atoms with Crippen LogP contribution in [0, 0.1) is 6.92 Å². The highest BCUT2D eigenvalue weighted by Gasteiger charge is 2.10. The van der Waals surface area contributed by atoms with Gasteiger partial charge in [-0.05, 0) is 39.8 Å². The molecular weight excluding hydrogens is 274 g/mol. The average Bonchev–Trinajstić information content (AvgIpc) is 2.82. The predicted molar refractivity (Wildman–Crippen MR) is 83.4 cm³/mol. The number of hydrogen-bond acceptors (Lipinski definition) is 5. The Bertz CT molecular complexity index is 368. The minimum Gasteiger partial charge on any atom is -0.389 e. The molecule has 2 unspecified atom stereocenters. The van der Waals surface area contributed by atoms with Crippen LogP contribution >= 0.6 is 11.3 Å². The maximum Gasteiger partial charge on any atom is 0.0897 e. The molecule has 0 aliphatic carbocycles. The van der Waals surface area contributed by atoms with Gasteiger partial charge in [-0.2, -0.15) is 0 Å². The third-order valence-electron chi connectivity index (χ3n) is 2.84. The van der Waals surface area contributed by atoms with Gasteiger partial charge in [0.05, 0.1) is 32.0 Å². The fraction of sp³-hybridized carbons (Fsp3) is 0.733. The van der Waals surface area contributed by atoms with Gasteiger partial charge in [0.25, 0.3) is 0 Å². The first-order valence-corrected chi connectivity index (χ1v) is 7.97. The molecule has 0 aromatic carbocycles. The van der Waals surface area contributed by atoms with Gasteiger partial charge in [-0.15, -0.1) is 11.3 Å². The van der Waals surface area contributed by atoms with E-state index in [0.717, 1.165) is 0 Å². The van der Waals surface area contributed by atoms with Crippen molar-refractivity contribution in [3.63, 3.8) is 0 Å². The Kier molecular flexibility index (Phi) is 8.33. The summed E-state index contributed by atoms with van der Waals surface area (Å²) in [5, 5.41) is 13.2. The van der Waals surface area contributed by atoms with Crippen molar-refractivity contribution >= 4 is 11.3 Å². The second kappa shape index (κ2) is 9.47. The van der Waals surface area contributed by atoms with Gasteiger partial charge in [-0.3, -0.25) is 0 Å². The number of aliphatic hydroxyl groups is 1. The van der Waals surface area contributed by atoms with Gasteiger partial charge in [0, 0.05) is 22.3 Å². The molecule has 1 rings (SSSR count). The molecule has 1 aromatic rings. The van der Waals surface area contributed by atoms with Crippen molar-refractivity contribution in [1.82, 2.24) is 5.32 Å². The number of rotatable bonds is 10. The number of aliphatic hydroxyl groups excluding tert-OH is 1. The molecule has 1 aromatic heterocycles. The second-order valence-electron chi connectivity index (χ2n) is 5.23. The van der Waals surface area contributed by atoms with E-state index in [4.69, 9.17) is 9.47 Å². The molecule has 0 fully saturated rings. The smallest absolute Gasteiger partial charge is 0.0897 e. The van der Waals surface area contributed by atoms with Gasteiger partial charge < -0.3 is 19.9 Å². The summed E-state index contributed by atoms with van der Waals surface area (Å²) in [4.78, 5) is 2.60. The first-order chi connectivity index (χ1) is 9.49. The van der Waals surface area contributed by atoms with Crippen LogP contribution < -0.4 is 5.32 Å². The molecule has 0 aliphatic heterocycles. The molecule has 1 heterocycles. The molecule has 0 radical (unpaired) electrons. The van der Waals surface area contributed by atoms with Crippen LogP contribution in [-0.2, 0) is 9.47 Å². The number of thiophene rings is 1. The molecular formula is C15H27NO3S. The normalized spacial score (nSPS) is 14.7. The molecule has 0 saturated heterocycles. The lowest BCUT2D eigenvalue weighted by atomic mass is 10.2. The molecule has 0 saturated carbocycles. The van der Waals surface area contributed by atoms with Crippen molar-refractivity contribution in [2.45, 2.75) is 45.9 Å². The molecule has 0 aliphatic rings. The monoisotopic (exact) mass is 301 g/mol. The summed E-state index contributed by atoms with van der Waals surface area (Å²) in [5.41, 5.74) is 0. The summed E-state index contributed by atoms with van der Waals surface area (Å²) in [6.45, 7) is 10.2. The summed E-state index contributed by atoms with van der Waals surface area (Å²) < 4.78 is 10.7. The number of aryl methyl sites for hydroxylation is 1. The first-order valence-electron chi connectivity index (χ1n) is 7.16. The van der Waals surface area contributed by atoms with E-state index in [1.165, 1.54) is 9.75 Å². The fourth-order valence-corrected chi connectivity index (χ4v) is 2.62. The zero-order chi connectivity index (χ0) is 15.0. The number of nitrogens with one attached hydrogen (secondary N) is 1. The van der Waals surface area contributed by atoms with E-state index >= 15 is 0 Å². The Balaban J connectivity index is 2.09. The summed E-state index contributed by atoms with van der Waals surface area (Å²) in [6, 6.07) is 4.50. The minimum absolute atomic E-state index is 0.222. The van der Waals surface area contributed by atoms with Gasteiger partial charge in [-0.1, -0.05) is 0 Å². The fourth-order valence-electron chi connectivity index (χ4n) is 1.72. The van der Waals surface area contributed by atoms with Crippen molar-refractivity contribution in [2.75, 3.05) is 26.4 Å². The van der Waals surface area contributed by atoms with E-state index in [0.29, 0.717) is 26.4 Å². The quantitative estimate of drug-likeness (QED) is 0.652. The van der Waals surface area contributed by atoms with Crippen molar-refractivity contribution < 1.29 is 14.6 Å². The highest BCUT2D eigenvalue weighted by Crippen LogP contribution is 2.21. The van der Waals surface area contributed by atoms with Gasteiger partial charge in [0.2, 0.25) is 0 Å². The van der Waals surface area contributed by atoms with Crippen LogP contribution in [0.3, 0.4) is 0 Å².